The Balaban J connectivity index is 2.27. The fourth-order valence-corrected chi connectivity index (χ4v) is 1.17. The lowest BCUT2D eigenvalue weighted by molar-refractivity contribution is -0.118. The Morgan fingerprint density at radius 3 is 3.00 bits per heavy atom. The van der Waals surface area contributed by atoms with E-state index in [4.69, 9.17) is 0 Å². The second kappa shape index (κ2) is 5.49. The molecule has 0 aliphatic carbocycles. The number of carbonyl (C=O) groups excluding carboxylic acids is 1. The number of carbonyl (C=O) groups is 1. The standard InChI is InChI=1S/C9H16N4O/c1-3-10-5-4-9(14)6-8-7-13(2)12-11-8/h7,10H,3-6H2,1-2H3. The van der Waals surface area contributed by atoms with Crippen molar-refractivity contribution in [3.05, 3.63) is 11.9 Å². The van der Waals surface area contributed by atoms with Gasteiger partial charge in [-0.1, -0.05) is 12.1 Å². The number of nitrogens with one attached hydrogen (secondary N) is 1. The summed E-state index contributed by atoms with van der Waals surface area (Å²) in [5.74, 6) is 0.200. The van der Waals surface area contributed by atoms with Crippen molar-refractivity contribution in [2.24, 2.45) is 7.05 Å². The van der Waals surface area contributed by atoms with Gasteiger partial charge >= 0.3 is 0 Å². The fraction of sp³-hybridized carbons (Fsp3) is 0.667. The molecule has 0 aliphatic heterocycles. The second-order valence-corrected chi connectivity index (χ2v) is 3.20. The molecule has 0 aromatic carbocycles. The van der Waals surface area contributed by atoms with Crippen molar-refractivity contribution < 1.29 is 4.79 Å². The van der Waals surface area contributed by atoms with Crippen LogP contribution in [0.1, 0.15) is 19.0 Å². The molecule has 0 unspecified atom stereocenters. The number of aromatic nitrogens is 3. The molecule has 1 heterocycles. The molecule has 14 heavy (non-hydrogen) atoms. The summed E-state index contributed by atoms with van der Waals surface area (Å²) in [6.07, 6.45) is 2.72. The van der Waals surface area contributed by atoms with Gasteiger partial charge in [-0.2, -0.15) is 0 Å². The van der Waals surface area contributed by atoms with Crippen molar-refractivity contribution in [2.45, 2.75) is 19.8 Å². The smallest absolute Gasteiger partial charge is 0.140 e. The average molecular weight is 196 g/mol. The maximum absolute atomic E-state index is 11.4. The van der Waals surface area contributed by atoms with Gasteiger partial charge in [0.2, 0.25) is 0 Å². The van der Waals surface area contributed by atoms with E-state index in [2.05, 4.69) is 15.6 Å². The van der Waals surface area contributed by atoms with Crippen LogP contribution in [-0.4, -0.2) is 33.9 Å². The molecular formula is C9H16N4O. The lowest BCUT2D eigenvalue weighted by Crippen LogP contribution is -2.18. The number of hydrogen-bond acceptors (Lipinski definition) is 4. The topological polar surface area (TPSA) is 59.8 Å². The quantitative estimate of drug-likeness (QED) is 0.647. The molecule has 0 aliphatic rings. The molecule has 0 bridgehead atoms. The van der Waals surface area contributed by atoms with E-state index in [0.29, 0.717) is 12.8 Å². The number of hydrogen-bond donors (Lipinski definition) is 1. The first kappa shape index (κ1) is 10.8. The van der Waals surface area contributed by atoms with Gasteiger partial charge in [-0.15, -0.1) is 5.10 Å². The molecule has 0 saturated heterocycles. The Morgan fingerprint density at radius 1 is 1.64 bits per heavy atom. The monoisotopic (exact) mass is 196 g/mol. The summed E-state index contributed by atoms with van der Waals surface area (Å²) < 4.78 is 1.60. The van der Waals surface area contributed by atoms with Gasteiger partial charge in [0.05, 0.1) is 12.1 Å². The van der Waals surface area contributed by atoms with Gasteiger partial charge in [0.15, 0.2) is 0 Å². The van der Waals surface area contributed by atoms with Crippen molar-refractivity contribution >= 4 is 5.78 Å². The van der Waals surface area contributed by atoms with Crippen molar-refractivity contribution in [3.63, 3.8) is 0 Å². The summed E-state index contributed by atoms with van der Waals surface area (Å²) >= 11 is 0. The number of Topliss-reactive ketones (excluding diaryl/α,β-unsaturated/α-hetero) is 1. The number of ketones is 1. The first-order chi connectivity index (χ1) is 6.72. The zero-order chi connectivity index (χ0) is 10.4. The summed E-state index contributed by atoms with van der Waals surface area (Å²) in [4.78, 5) is 11.4. The SMILES string of the molecule is CCNCCC(=O)Cc1cn(C)nn1. The minimum Gasteiger partial charge on any atom is -0.317 e. The van der Waals surface area contributed by atoms with Crippen LogP contribution in [0.2, 0.25) is 0 Å². The minimum absolute atomic E-state index is 0.200. The van der Waals surface area contributed by atoms with Crippen molar-refractivity contribution in [1.82, 2.24) is 20.3 Å². The molecule has 0 fully saturated rings. The van der Waals surface area contributed by atoms with Crippen molar-refractivity contribution in [2.75, 3.05) is 13.1 Å². The van der Waals surface area contributed by atoms with Crippen LogP contribution in [0.15, 0.2) is 6.20 Å². The molecule has 0 saturated carbocycles. The van der Waals surface area contributed by atoms with Gasteiger partial charge in [0.1, 0.15) is 5.78 Å². The highest BCUT2D eigenvalue weighted by molar-refractivity contribution is 5.80. The Labute approximate surface area is 83.5 Å². The molecule has 1 aromatic heterocycles. The Bertz CT molecular complexity index is 295. The zero-order valence-corrected chi connectivity index (χ0v) is 8.66. The highest BCUT2D eigenvalue weighted by Gasteiger charge is 2.05. The van der Waals surface area contributed by atoms with Crippen LogP contribution in [-0.2, 0) is 18.3 Å². The van der Waals surface area contributed by atoms with E-state index in [1.165, 1.54) is 0 Å². The van der Waals surface area contributed by atoms with Crippen LogP contribution in [0.5, 0.6) is 0 Å². The predicted molar refractivity (Wildman–Crippen MR) is 52.9 cm³/mol. The molecule has 5 heteroatoms. The van der Waals surface area contributed by atoms with E-state index in [9.17, 15) is 4.79 Å². The van der Waals surface area contributed by atoms with Crippen LogP contribution in [0, 0.1) is 0 Å². The van der Waals surface area contributed by atoms with Gasteiger partial charge in [-0.25, -0.2) is 0 Å². The summed E-state index contributed by atoms with van der Waals surface area (Å²) in [7, 11) is 1.79. The molecule has 0 amide bonds. The molecule has 0 radical (unpaired) electrons. The van der Waals surface area contributed by atoms with Crippen molar-refractivity contribution in [1.29, 1.82) is 0 Å². The third-order valence-electron chi connectivity index (χ3n) is 1.86. The largest absolute Gasteiger partial charge is 0.317 e. The van der Waals surface area contributed by atoms with Crippen LogP contribution >= 0.6 is 0 Å². The number of nitrogens with zero attached hydrogens (tertiary/aromatic N) is 3. The number of aryl methyl sites for hydroxylation is 1. The normalized spacial score (nSPS) is 10.4. The predicted octanol–water partition coefficient (Wildman–Crippen LogP) is -0.0737. The summed E-state index contributed by atoms with van der Waals surface area (Å²) in [6.45, 7) is 3.67. The van der Waals surface area contributed by atoms with Crippen LogP contribution in [0.4, 0.5) is 0 Å². The highest BCUT2D eigenvalue weighted by atomic mass is 16.1. The van der Waals surface area contributed by atoms with Crippen LogP contribution < -0.4 is 5.32 Å². The van der Waals surface area contributed by atoms with Gasteiger partial charge in [0, 0.05) is 26.2 Å². The minimum atomic E-state index is 0.200. The van der Waals surface area contributed by atoms with Gasteiger partial charge < -0.3 is 5.32 Å². The van der Waals surface area contributed by atoms with Crippen molar-refractivity contribution in [3.8, 4) is 0 Å². The third kappa shape index (κ3) is 3.66. The van der Waals surface area contributed by atoms with E-state index in [1.54, 1.807) is 17.9 Å². The van der Waals surface area contributed by atoms with Gasteiger partial charge in [-0.3, -0.25) is 9.48 Å². The molecule has 1 rings (SSSR count). The van der Waals surface area contributed by atoms with Gasteiger partial charge in [0.25, 0.3) is 0 Å². The third-order valence-corrected chi connectivity index (χ3v) is 1.86. The molecule has 78 valence electrons. The summed E-state index contributed by atoms with van der Waals surface area (Å²) in [5, 5.41) is 10.7. The lowest BCUT2D eigenvalue weighted by Gasteiger charge is -1.98. The first-order valence-electron chi connectivity index (χ1n) is 4.80. The molecule has 0 spiro atoms. The second-order valence-electron chi connectivity index (χ2n) is 3.20. The fourth-order valence-electron chi connectivity index (χ4n) is 1.17. The number of rotatable bonds is 6. The molecule has 1 N–H and O–H groups in total. The van der Waals surface area contributed by atoms with E-state index < -0.39 is 0 Å². The van der Waals surface area contributed by atoms with E-state index in [1.807, 2.05) is 6.92 Å². The summed E-state index contributed by atoms with van der Waals surface area (Å²) in [5.41, 5.74) is 0.744. The maximum Gasteiger partial charge on any atom is 0.140 e. The zero-order valence-electron chi connectivity index (χ0n) is 8.66. The Kier molecular flexibility index (Phi) is 4.25. The first-order valence-corrected chi connectivity index (χ1v) is 4.80. The van der Waals surface area contributed by atoms with E-state index >= 15 is 0 Å². The summed E-state index contributed by atoms with van der Waals surface area (Å²) in [6, 6.07) is 0. The van der Waals surface area contributed by atoms with E-state index in [-0.39, 0.29) is 5.78 Å². The average Bonchev–Trinajstić information content (AvgIpc) is 2.52. The molecule has 0 atom stereocenters. The van der Waals surface area contributed by atoms with E-state index in [0.717, 1.165) is 18.8 Å². The molecular weight excluding hydrogens is 180 g/mol. The van der Waals surface area contributed by atoms with Gasteiger partial charge in [-0.05, 0) is 6.54 Å². The lowest BCUT2D eigenvalue weighted by atomic mass is 10.2. The molecule has 5 nitrogen and oxygen atoms in total. The van der Waals surface area contributed by atoms with Crippen LogP contribution in [0.25, 0.3) is 0 Å². The Morgan fingerprint density at radius 2 is 2.43 bits per heavy atom. The maximum atomic E-state index is 11.4. The Hall–Kier alpha value is -1.23. The van der Waals surface area contributed by atoms with Crippen LogP contribution in [0.3, 0.4) is 0 Å². The molecule has 1 aromatic rings. The highest BCUT2D eigenvalue weighted by Crippen LogP contribution is 1.96.